The fourth-order valence-electron chi connectivity index (χ4n) is 2.00. The van der Waals surface area contributed by atoms with Crippen LogP contribution in [0.5, 0.6) is 0 Å². The van der Waals surface area contributed by atoms with Gasteiger partial charge in [-0.3, -0.25) is 0 Å². The van der Waals surface area contributed by atoms with Gasteiger partial charge in [-0.05, 0) is 12.0 Å². The standard InChI is InChI=1S/C11H14O/c1-8-10-5-3-4-9(10)6-7-11(8)12-2/h3-4,6-8,11H,5H2,1-2H3. The van der Waals surface area contributed by atoms with Crippen molar-refractivity contribution < 1.29 is 4.74 Å². The van der Waals surface area contributed by atoms with Crippen LogP contribution in [-0.2, 0) is 4.74 Å². The number of hydrogen-bond acceptors (Lipinski definition) is 1. The first kappa shape index (κ1) is 7.81. The van der Waals surface area contributed by atoms with Crippen molar-refractivity contribution in [3.8, 4) is 0 Å². The van der Waals surface area contributed by atoms with E-state index in [4.69, 9.17) is 4.74 Å². The van der Waals surface area contributed by atoms with Crippen molar-refractivity contribution in [2.45, 2.75) is 19.4 Å². The largest absolute Gasteiger partial charge is 0.377 e. The van der Waals surface area contributed by atoms with Crippen LogP contribution in [-0.4, -0.2) is 13.2 Å². The topological polar surface area (TPSA) is 9.23 Å². The molecular weight excluding hydrogens is 148 g/mol. The number of ether oxygens (including phenoxy) is 1. The van der Waals surface area contributed by atoms with E-state index in [1.54, 1.807) is 7.11 Å². The third-order valence-electron chi connectivity index (χ3n) is 2.79. The molecule has 2 unspecified atom stereocenters. The first-order chi connectivity index (χ1) is 5.83. The lowest BCUT2D eigenvalue weighted by Gasteiger charge is -2.25. The van der Waals surface area contributed by atoms with Gasteiger partial charge in [0.25, 0.3) is 0 Å². The number of rotatable bonds is 1. The Bertz CT molecular complexity index is 271. The fraction of sp³-hybridized carbons (Fsp3) is 0.455. The van der Waals surface area contributed by atoms with Crippen LogP contribution in [0.25, 0.3) is 0 Å². The molecule has 0 radical (unpaired) electrons. The average Bonchev–Trinajstić information content (AvgIpc) is 2.53. The van der Waals surface area contributed by atoms with Gasteiger partial charge in [0.15, 0.2) is 0 Å². The van der Waals surface area contributed by atoms with Gasteiger partial charge in [-0.15, -0.1) is 0 Å². The summed E-state index contributed by atoms with van der Waals surface area (Å²) in [6.45, 7) is 2.24. The van der Waals surface area contributed by atoms with Crippen molar-refractivity contribution in [3.05, 3.63) is 35.5 Å². The second-order valence-corrected chi connectivity index (χ2v) is 3.44. The predicted octanol–water partition coefficient (Wildman–Crippen LogP) is 2.46. The molecule has 0 aromatic heterocycles. The van der Waals surface area contributed by atoms with Crippen LogP contribution < -0.4 is 0 Å². The van der Waals surface area contributed by atoms with Gasteiger partial charge in [0.1, 0.15) is 0 Å². The molecule has 0 N–H and O–H groups in total. The molecule has 0 saturated carbocycles. The smallest absolute Gasteiger partial charge is 0.0818 e. The Labute approximate surface area is 73.4 Å². The number of hydrogen-bond donors (Lipinski definition) is 0. The van der Waals surface area contributed by atoms with Crippen molar-refractivity contribution >= 4 is 0 Å². The van der Waals surface area contributed by atoms with E-state index in [9.17, 15) is 0 Å². The van der Waals surface area contributed by atoms with E-state index in [0.29, 0.717) is 5.92 Å². The van der Waals surface area contributed by atoms with Crippen molar-refractivity contribution in [2.24, 2.45) is 5.92 Å². The van der Waals surface area contributed by atoms with Crippen molar-refractivity contribution in [2.75, 3.05) is 7.11 Å². The minimum atomic E-state index is 0.281. The normalized spacial score (nSPS) is 32.8. The van der Waals surface area contributed by atoms with Crippen molar-refractivity contribution in [1.82, 2.24) is 0 Å². The molecule has 12 heavy (non-hydrogen) atoms. The maximum Gasteiger partial charge on any atom is 0.0818 e. The minimum Gasteiger partial charge on any atom is -0.377 e. The Morgan fingerprint density at radius 2 is 2.25 bits per heavy atom. The zero-order valence-corrected chi connectivity index (χ0v) is 7.58. The van der Waals surface area contributed by atoms with E-state index in [-0.39, 0.29) is 6.10 Å². The second kappa shape index (κ2) is 2.91. The summed E-state index contributed by atoms with van der Waals surface area (Å²) in [7, 11) is 1.78. The molecule has 0 heterocycles. The maximum atomic E-state index is 5.36. The van der Waals surface area contributed by atoms with Crippen LogP contribution in [0.4, 0.5) is 0 Å². The highest BCUT2D eigenvalue weighted by atomic mass is 16.5. The Kier molecular flexibility index (Phi) is 1.89. The van der Waals surface area contributed by atoms with Crippen molar-refractivity contribution in [1.29, 1.82) is 0 Å². The summed E-state index contributed by atoms with van der Waals surface area (Å²) < 4.78 is 5.36. The number of methoxy groups -OCH3 is 1. The summed E-state index contributed by atoms with van der Waals surface area (Å²) >= 11 is 0. The van der Waals surface area contributed by atoms with Gasteiger partial charge in [-0.25, -0.2) is 0 Å². The van der Waals surface area contributed by atoms with Gasteiger partial charge in [-0.2, -0.15) is 0 Å². The lowest BCUT2D eigenvalue weighted by molar-refractivity contribution is 0.107. The molecule has 0 bridgehead atoms. The molecule has 0 saturated heterocycles. The van der Waals surface area contributed by atoms with Crippen LogP contribution in [0.15, 0.2) is 35.5 Å². The summed E-state index contributed by atoms with van der Waals surface area (Å²) in [5.41, 5.74) is 2.93. The molecule has 2 atom stereocenters. The molecule has 0 spiro atoms. The van der Waals surface area contributed by atoms with Crippen LogP contribution in [0, 0.1) is 5.92 Å². The van der Waals surface area contributed by atoms with E-state index in [1.807, 2.05) is 0 Å². The average molecular weight is 162 g/mol. The molecule has 0 fully saturated rings. The first-order valence-corrected chi connectivity index (χ1v) is 4.43. The first-order valence-electron chi connectivity index (χ1n) is 4.43. The number of allylic oxidation sites excluding steroid dienone is 4. The van der Waals surface area contributed by atoms with E-state index < -0.39 is 0 Å². The van der Waals surface area contributed by atoms with Gasteiger partial charge < -0.3 is 4.74 Å². The van der Waals surface area contributed by atoms with Gasteiger partial charge in [0, 0.05) is 13.0 Å². The second-order valence-electron chi connectivity index (χ2n) is 3.44. The summed E-state index contributed by atoms with van der Waals surface area (Å²) in [4.78, 5) is 0. The molecule has 0 aromatic rings. The van der Waals surface area contributed by atoms with Crippen LogP contribution in [0.1, 0.15) is 13.3 Å². The Morgan fingerprint density at radius 1 is 1.42 bits per heavy atom. The summed E-state index contributed by atoms with van der Waals surface area (Å²) in [6, 6.07) is 0. The van der Waals surface area contributed by atoms with Gasteiger partial charge in [0.2, 0.25) is 0 Å². The molecule has 1 heteroatoms. The molecule has 0 aliphatic heterocycles. The van der Waals surface area contributed by atoms with E-state index in [1.165, 1.54) is 11.1 Å². The third kappa shape index (κ3) is 1.05. The maximum absolute atomic E-state index is 5.36. The highest BCUT2D eigenvalue weighted by Crippen LogP contribution is 2.33. The van der Waals surface area contributed by atoms with Gasteiger partial charge in [-0.1, -0.05) is 36.8 Å². The molecule has 1 nitrogen and oxygen atoms in total. The third-order valence-corrected chi connectivity index (χ3v) is 2.79. The summed E-state index contributed by atoms with van der Waals surface area (Å²) in [5.74, 6) is 0.546. The molecule has 0 amide bonds. The lowest BCUT2D eigenvalue weighted by Crippen LogP contribution is -2.22. The summed E-state index contributed by atoms with van der Waals surface area (Å²) in [5, 5.41) is 0. The van der Waals surface area contributed by atoms with E-state index in [0.717, 1.165) is 6.42 Å². The van der Waals surface area contributed by atoms with Gasteiger partial charge >= 0.3 is 0 Å². The van der Waals surface area contributed by atoms with Crippen molar-refractivity contribution in [3.63, 3.8) is 0 Å². The Hall–Kier alpha value is -0.820. The Morgan fingerprint density at radius 3 is 3.00 bits per heavy atom. The highest BCUT2D eigenvalue weighted by molar-refractivity contribution is 5.46. The molecule has 2 aliphatic carbocycles. The molecule has 64 valence electrons. The van der Waals surface area contributed by atoms with E-state index >= 15 is 0 Å². The molecular formula is C11H14O. The molecule has 2 aliphatic rings. The Balaban J connectivity index is 2.26. The minimum absolute atomic E-state index is 0.281. The van der Waals surface area contributed by atoms with Crippen LogP contribution >= 0.6 is 0 Å². The van der Waals surface area contributed by atoms with E-state index in [2.05, 4.69) is 31.2 Å². The molecule has 0 aromatic carbocycles. The predicted molar refractivity (Wildman–Crippen MR) is 49.9 cm³/mol. The molecule has 2 rings (SSSR count). The monoisotopic (exact) mass is 162 g/mol. The van der Waals surface area contributed by atoms with Crippen LogP contribution in [0.2, 0.25) is 0 Å². The highest BCUT2D eigenvalue weighted by Gasteiger charge is 2.24. The van der Waals surface area contributed by atoms with Crippen LogP contribution in [0.3, 0.4) is 0 Å². The fourth-order valence-corrected chi connectivity index (χ4v) is 2.00. The zero-order valence-electron chi connectivity index (χ0n) is 7.58. The quantitative estimate of drug-likeness (QED) is 0.575. The SMILES string of the molecule is COC1C=CC2=C(CC=C2)C1C. The lowest BCUT2D eigenvalue weighted by atomic mass is 9.87. The zero-order chi connectivity index (χ0) is 8.55. The van der Waals surface area contributed by atoms with Gasteiger partial charge in [0.05, 0.1) is 6.10 Å². The summed E-state index contributed by atoms with van der Waals surface area (Å²) in [6.07, 6.45) is 10.1.